The number of phenols is 1. The predicted octanol–water partition coefficient (Wildman–Crippen LogP) is 3.80. The second kappa shape index (κ2) is 4.70. The SMILES string of the molecule is C[C@@H]1[C@H]2[C@@H]3CCc4cc(O)ccc4[C@H]3[C@@H](F)C[C@]2(C)C[C@H]1O. The van der Waals surface area contributed by atoms with Crippen molar-refractivity contribution in [2.45, 2.75) is 57.7 Å². The van der Waals surface area contributed by atoms with E-state index in [1.54, 1.807) is 12.1 Å². The molecule has 2 nitrogen and oxygen atoms in total. The van der Waals surface area contributed by atoms with Gasteiger partial charge in [0.25, 0.3) is 0 Å². The average molecular weight is 304 g/mol. The van der Waals surface area contributed by atoms with E-state index in [4.69, 9.17) is 0 Å². The van der Waals surface area contributed by atoms with Crippen LogP contribution >= 0.6 is 0 Å². The number of alkyl halides is 1. The number of aliphatic hydroxyl groups excluding tert-OH is 1. The molecule has 0 bridgehead atoms. The van der Waals surface area contributed by atoms with Crippen LogP contribution in [0.4, 0.5) is 4.39 Å². The lowest BCUT2D eigenvalue weighted by Gasteiger charge is -2.51. The Morgan fingerprint density at radius 3 is 2.82 bits per heavy atom. The fourth-order valence-electron chi connectivity index (χ4n) is 6.10. The zero-order valence-corrected chi connectivity index (χ0v) is 13.3. The molecule has 2 saturated carbocycles. The lowest BCUT2D eigenvalue weighted by molar-refractivity contribution is -0.0141. The van der Waals surface area contributed by atoms with Crippen LogP contribution in [0.15, 0.2) is 18.2 Å². The molecule has 4 rings (SSSR count). The van der Waals surface area contributed by atoms with E-state index >= 15 is 4.39 Å². The van der Waals surface area contributed by atoms with Crippen molar-refractivity contribution in [1.82, 2.24) is 0 Å². The van der Waals surface area contributed by atoms with Crippen molar-refractivity contribution in [2.24, 2.45) is 23.2 Å². The summed E-state index contributed by atoms with van der Waals surface area (Å²) >= 11 is 0. The summed E-state index contributed by atoms with van der Waals surface area (Å²) in [5, 5.41) is 20.0. The normalized spacial score (nSPS) is 46.7. The zero-order valence-electron chi connectivity index (χ0n) is 13.3. The maximum Gasteiger partial charge on any atom is 0.115 e. The number of aromatic hydroxyl groups is 1. The number of aryl methyl sites for hydroxylation is 1. The number of halogens is 1. The second-order valence-corrected chi connectivity index (χ2v) is 8.14. The van der Waals surface area contributed by atoms with Crippen molar-refractivity contribution in [1.29, 1.82) is 0 Å². The van der Waals surface area contributed by atoms with Gasteiger partial charge in [-0.25, -0.2) is 4.39 Å². The summed E-state index contributed by atoms with van der Waals surface area (Å²) in [6, 6.07) is 5.42. The molecule has 22 heavy (non-hydrogen) atoms. The third-order valence-corrected chi connectivity index (χ3v) is 6.86. The van der Waals surface area contributed by atoms with Gasteiger partial charge in [0.1, 0.15) is 11.9 Å². The molecule has 3 aliphatic carbocycles. The van der Waals surface area contributed by atoms with Crippen molar-refractivity contribution in [2.75, 3.05) is 0 Å². The first-order chi connectivity index (χ1) is 10.4. The minimum atomic E-state index is -0.840. The van der Waals surface area contributed by atoms with Gasteiger partial charge in [-0.05, 0) is 72.1 Å². The van der Waals surface area contributed by atoms with E-state index in [1.165, 1.54) is 0 Å². The van der Waals surface area contributed by atoms with Gasteiger partial charge in [-0.15, -0.1) is 0 Å². The van der Waals surface area contributed by atoms with Gasteiger partial charge in [-0.2, -0.15) is 0 Å². The maximum absolute atomic E-state index is 15.1. The van der Waals surface area contributed by atoms with E-state index in [0.29, 0.717) is 18.3 Å². The Labute approximate surface area is 131 Å². The molecule has 0 saturated heterocycles. The summed E-state index contributed by atoms with van der Waals surface area (Å²) < 4.78 is 15.1. The second-order valence-electron chi connectivity index (χ2n) is 8.14. The van der Waals surface area contributed by atoms with Crippen LogP contribution in [0.5, 0.6) is 5.75 Å². The van der Waals surface area contributed by atoms with Gasteiger partial charge in [-0.3, -0.25) is 0 Å². The number of phenolic OH excluding ortho intramolecular Hbond substituents is 1. The van der Waals surface area contributed by atoms with Crippen LogP contribution in [-0.2, 0) is 6.42 Å². The fourth-order valence-corrected chi connectivity index (χ4v) is 6.10. The molecule has 1 aromatic carbocycles. The number of hydrogen-bond donors (Lipinski definition) is 2. The fraction of sp³-hybridized carbons (Fsp3) is 0.684. The first kappa shape index (κ1) is 14.5. The molecule has 0 aromatic heterocycles. The van der Waals surface area contributed by atoms with E-state index in [9.17, 15) is 10.2 Å². The number of aliphatic hydroxyl groups is 1. The van der Waals surface area contributed by atoms with Gasteiger partial charge in [0.15, 0.2) is 0 Å². The molecule has 0 amide bonds. The van der Waals surface area contributed by atoms with E-state index < -0.39 is 6.17 Å². The lowest BCUT2D eigenvalue weighted by atomic mass is 9.54. The van der Waals surface area contributed by atoms with Crippen molar-refractivity contribution in [3.05, 3.63) is 29.3 Å². The number of fused-ring (bicyclic) bond motifs is 5. The monoisotopic (exact) mass is 304 g/mol. The van der Waals surface area contributed by atoms with Crippen molar-refractivity contribution in [3.8, 4) is 5.75 Å². The average Bonchev–Trinajstić information content (AvgIpc) is 2.67. The minimum Gasteiger partial charge on any atom is -0.508 e. The van der Waals surface area contributed by atoms with Crippen LogP contribution in [0, 0.1) is 23.2 Å². The number of rotatable bonds is 0. The Morgan fingerprint density at radius 2 is 2.05 bits per heavy atom. The van der Waals surface area contributed by atoms with E-state index in [-0.39, 0.29) is 29.1 Å². The summed E-state index contributed by atoms with van der Waals surface area (Å²) in [6.45, 7) is 4.32. The van der Waals surface area contributed by atoms with Crippen molar-refractivity contribution < 1.29 is 14.6 Å². The van der Waals surface area contributed by atoms with Gasteiger partial charge >= 0.3 is 0 Å². The highest BCUT2D eigenvalue weighted by Crippen LogP contribution is 2.63. The molecular weight excluding hydrogens is 279 g/mol. The van der Waals surface area contributed by atoms with Crippen LogP contribution in [0.2, 0.25) is 0 Å². The molecule has 0 unspecified atom stereocenters. The smallest absolute Gasteiger partial charge is 0.115 e. The van der Waals surface area contributed by atoms with Crippen LogP contribution in [-0.4, -0.2) is 22.5 Å². The molecule has 1 aromatic rings. The minimum absolute atomic E-state index is 0.0600. The van der Waals surface area contributed by atoms with E-state index in [1.807, 2.05) is 6.07 Å². The van der Waals surface area contributed by atoms with E-state index in [0.717, 1.165) is 30.4 Å². The summed E-state index contributed by atoms with van der Waals surface area (Å²) in [5.41, 5.74) is 2.14. The molecule has 3 heteroatoms. The molecule has 120 valence electrons. The quantitative estimate of drug-likeness (QED) is 0.765. The van der Waals surface area contributed by atoms with Gasteiger partial charge in [-0.1, -0.05) is 19.9 Å². The molecule has 7 atom stereocenters. The third-order valence-electron chi connectivity index (χ3n) is 6.86. The highest BCUT2D eigenvalue weighted by Gasteiger charge is 2.59. The van der Waals surface area contributed by atoms with Crippen molar-refractivity contribution in [3.63, 3.8) is 0 Å². The molecule has 3 aliphatic rings. The first-order valence-corrected chi connectivity index (χ1v) is 8.54. The van der Waals surface area contributed by atoms with Crippen molar-refractivity contribution >= 4 is 0 Å². The third kappa shape index (κ3) is 1.87. The van der Waals surface area contributed by atoms with Crippen LogP contribution in [0.1, 0.15) is 50.2 Å². The Bertz CT molecular complexity index is 601. The van der Waals surface area contributed by atoms with Crippen LogP contribution in [0.25, 0.3) is 0 Å². The Hall–Kier alpha value is -1.09. The Morgan fingerprint density at radius 1 is 1.27 bits per heavy atom. The molecular formula is C19H25FO2. The number of hydrogen-bond acceptors (Lipinski definition) is 2. The Balaban J connectivity index is 1.78. The lowest BCUT2D eigenvalue weighted by Crippen LogP contribution is -2.46. The molecule has 0 aliphatic heterocycles. The maximum atomic E-state index is 15.1. The van der Waals surface area contributed by atoms with E-state index in [2.05, 4.69) is 13.8 Å². The molecule has 2 N–H and O–H groups in total. The van der Waals surface area contributed by atoms with Crippen LogP contribution < -0.4 is 0 Å². The molecule has 0 radical (unpaired) electrons. The highest BCUT2D eigenvalue weighted by molar-refractivity contribution is 5.41. The summed E-state index contributed by atoms with van der Waals surface area (Å²) in [6.07, 6.45) is 2.05. The summed E-state index contributed by atoms with van der Waals surface area (Å²) in [5.74, 6) is 1.19. The highest BCUT2D eigenvalue weighted by atomic mass is 19.1. The van der Waals surface area contributed by atoms with Crippen LogP contribution in [0.3, 0.4) is 0 Å². The molecule has 2 fully saturated rings. The summed E-state index contributed by atoms with van der Waals surface area (Å²) in [4.78, 5) is 0. The molecule has 0 spiro atoms. The largest absolute Gasteiger partial charge is 0.508 e. The first-order valence-electron chi connectivity index (χ1n) is 8.54. The summed E-state index contributed by atoms with van der Waals surface area (Å²) in [7, 11) is 0. The van der Waals surface area contributed by atoms with Gasteiger partial charge in [0.2, 0.25) is 0 Å². The van der Waals surface area contributed by atoms with Gasteiger partial charge < -0.3 is 10.2 Å². The number of benzene rings is 1. The zero-order chi connectivity index (χ0) is 15.6. The Kier molecular flexibility index (Phi) is 3.10. The standard InChI is InChI=1S/C19H25FO2/c1-10-16(22)9-19(2)8-15(20)17-13-6-4-12(21)7-11(13)3-5-14(17)18(10)19/h4,6-7,10,14-18,21-22H,3,5,8-9H2,1-2H3/t10-,14+,15-,16+,17+,18-,19+/m0/s1. The molecule has 0 heterocycles. The van der Waals surface area contributed by atoms with Gasteiger partial charge in [0.05, 0.1) is 6.10 Å². The topological polar surface area (TPSA) is 40.5 Å². The van der Waals surface area contributed by atoms with Gasteiger partial charge in [0, 0.05) is 5.92 Å². The predicted molar refractivity (Wildman–Crippen MR) is 83.6 cm³/mol.